The maximum absolute atomic E-state index is 10.9. The molecule has 0 amide bonds. The van der Waals surface area contributed by atoms with Crippen LogP contribution in [-0.4, -0.2) is 9.97 Å². The smallest absolute Gasteiger partial charge is 0.251 e. The number of nitrogens with one attached hydrogen (secondary N) is 1. The van der Waals surface area contributed by atoms with Crippen molar-refractivity contribution in [1.29, 1.82) is 0 Å². The number of H-pyrrole nitrogens is 1. The summed E-state index contributed by atoms with van der Waals surface area (Å²) >= 11 is 3.14. The Balaban J connectivity index is 2.47. The van der Waals surface area contributed by atoms with Crippen molar-refractivity contribution >= 4 is 15.9 Å². The Labute approximate surface area is 72.0 Å². The summed E-state index contributed by atoms with van der Waals surface area (Å²) in [4.78, 5) is 17.6. The first kappa shape index (κ1) is 7.03. The van der Waals surface area contributed by atoms with Crippen LogP contribution in [0.3, 0.4) is 0 Å². The zero-order valence-corrected chi connectivity index (χ0v) is 7.39. The van der Waals surface area contributed by atoms with Gasteiger partial charge in [0.25, 0.3) is 5.56 Å². The Kier molecular flexibility index (Phi) is 1.56. The number of nitrogens with zero attached hydrogens (tertiary/aromatic N) is 1. The molecule has 1 fully saturated rings. The molecule has 58 valence electrons. The molecule has 0 bridgehead atoms. The Morgan fingerprint density at radius 2 is 2.36 bits per heavy atom. The van der Waals surface area contributed by atoms with E-state index in [-0.39, 0.29) is 5.56 Å². The number of aromatic nitrogens is 2. The number of aromatic amines is 1. The van der Waals surface area contributed by atoms with Gasteiger partial charge in [-0.2, -0.15) is 0 Å². The van der Waals surface area contributed by atoms with Gasteiger partial charge in [0.15, 0.2) is 4.73 Å². The quantitative estimate of drug-likeness (QED) is 0.720. The predicted molar refractivity (Wildman–Crippen MR) is 44.5 cm³/mol. The van der Waals surface area contributed by atoms with Gasteiger partial charge in [-0.3, -0.25) is 4.79 Å². The van der Waals surface area contributed by atoms with E-state index in [0.29, 0.717) is 10.7 Å². The second-order valence-electron chi connectivity index (χ2n) is 2.74. The van der Waals surface area contributed by atoms with Crippen molar-refractivity contribution in [2.75, 3.05) is 0 Å². The van der Waals surface area contributed by atoms with E-state index < -0.39 is 0 Å². The van der Waals surface area contributed by atoms with Crippen LogP contribution in [0.1, 0.15) is 24.5 Å². The molecule has 0 aliphatic heterocycles. The minimum atomic E-state index is -0.0752. The minimum absolute atomic E-state index is 0.0752. The Hall–Kier alpha value is -0.640. The lowest BCUT2D eigenvalue weighted by Gasteiger charge is -1.95. The van der Waals surface area contributed by atoms with Crippen LogP contribution in [0.4, 0.5) is 0 Å². The molecule has 1 N–H and O–H groups in total. The van der Waals surface area contributed by atoms with Crippen LogP contribution in [0, 0.1) is 0 Å². The second-order valence-corrected chi connectivity index (χ2v) is 3.49. The molecule has 0 spiro atoms. The van der Waals surface area contributed by atoms with Gasteiger partial charge in [-0.25, -0.2) is 4.98 Å². The zero-order valence-electron chi connectivity index (χ0n) is 5.80. The summed E-state index contributed by atoms with van der Waals surface area (Å²) in [5, 5.41) is 0. The van der Waals surface area contributed by atoms with E-state index in [4.69, 9.17) is 0 Å². The van der Waals surface area contributed by atoms with E-state index in [1.165, 1.54) is 12.8 Å². The predicted octanol–water partition coefficient (Wildman–Crippen LogP) is 1.41. The molecule has 3 nitrogen and oxygen atoms in total. The molecule has 1 aromatic heterocycles. The third-order valence-corrected chi connectivity index (χ3v) is 2.10. The van der Waals surface area contributed by atoms with E-state index in [9.17, 15) is 4.79 Å². The maximum atomic E-state index is 10.9. The average Bonchev–Trinajstić information content (AvgIpc) is 2.64. The summed E-state index contributed by atoms with van der Waals surface area (Å²) in [5.41, 5.74) is 0.842. The Morgan fingerprint density at radius 1 is 1.64 bits per heavy atom. The van der Waals surface area contributed by atoms with Crippen molar-refractivity contribution in [3.8, 4) is 0 Å². The fourth-order valence-electron chi connectivity index (χ4n) is 1.03. The largest absolute Gasteiger partial charge is 0.301 e. The summed E-state index contributed by atoms with van der Waals surface area (Å²) in [5.74, 6) is 0.536. The van der Waals surface area contributed by atoms with Gasteiger partial charge in [0.1, 0.15) is 0 Å². The van der Waals surface area contributed by atoms with Gasteiger partial charge in [-0.05, 0) is 28.8 Å². The molecule has 0 atom stereocenters. The van der Waals surface area contributed by atoms with Gasteiger partial charge in [0, 0.05) is 12.0 Å². The van der Waals surface area contributed by atoms with Crippen LogP contribution in [0.2, 0.25) is 0 Å². The highest BCUT2D eigenvalue weighted by Crippen LogP contribution is 2.38. The standard InChI is InChI=1S/C7H7BrN2O/c8-7-9-5(4-1-2-4)3-6(11)10-7/h3-4H,1-2H2,(H,9,10,11). The molecule has 1 saturated carbocycles. The molecule has 1 heterocycles. The van der Waals surface area contributed by atoms with Crippen molar-refractivity contribution < 1.29 is 0 Å². The summed E-state index contributed by atoms with van der Waals surface area (Å²) in [7, 11) is 0. The van der Waals surface area contributed by atoms with Crippen LogP contribution < -0.4 is 5.56 Å². The fourth-order valence-corrected chi connectivity index (χ4v) is 1.43. The van der Waals surface area contributed by atoms with Gasteiger partial charge >= 0.3 is 0 Å². The highest BCUT2D eigenvalue weighted by molar-refractivity contribution is 9.10. The highest BCUT2D eigenvalue weighted by atomic mass is 79.9. The zero-order chi connectivity index (χ0) is 7.84. The molecule has 0 aromatic carbocycles. The van der Waals surface area contributed by atoms with Gasteiger partial charge in [0.2, 0.25) is 0 Å². The number of hydrogen-bond acceptors (Lipinski definition) is 2. The van der Waals surface area contributed by atoms with Gasteiger partial charge < -0.3 is 4.98 Å². The van der Waals surface area contributed by atoms with E-state index in [0.717, 1.165) is 5.69 Å². The fraction of sp³-hybridized carbons (Fsp3) is 0.429. The van der Waals surface area contributed by atoms with Crippen molar-refractivity contribution in [3.05, 3.63) is 26.8 Å². The third-order valence-electron chi connectivity index (χ3n) is 1.73. The van der Waals surface area contributed by atoms with E-state index in [1.807, 2.05) is 0 Å². The Bertz CT molecular complexity index is 329. The first-order valence-corrected chi connectivity index (χ1v) is 4.32. The van der Waals surface area contributed by atoms with Crippen molar-refractivity contribution in [1.82, 2.24) is 9.97 Å². The van der Waals surface area contributed by atoms with Crippen LogP contribution in [0.5, 0.6) is 0 Å². The maximum Gasteiger partial charge on any atom is 0.251 e. The lowest BCUT2D eigenvalue weighted by molar-refractivity contribution is 0.944. The molecule has 1 aliphatic carbocycles. The Morgan fingerprint density at radius 3 is 2.91 bits per heavy atom. The summed E-state index contributed by atoms with van der Waals surface area (Å²) < 4.78 is 0.534. The average molecular weight is 215 g/mol. The van der Waals surface area contributed by atoms with Gasteiger partial charge in [-0.15, -0.1) is 0 Å². The lowest BCUT2D eigenvalue weighted by Crippen LogP contribution is -2.07. The number of hydrogen-bond donors (Lipinski definition) is 1. The normalized spacial score (nSPS) is 16.8. The minimum Gasteiger partial charge on any atom is -0.301 e. The first-order chi connectivity index (χ1) is 5.25. The van der Waals surface area contributed by atoms with Crippen LogP contribution in [-0.2, 0) is 0 Å². The molecule has 1 aromatic rings. The van der Waals surface area contributed by atoms with Crippen LogP contribution in [0.15, 0.2) is 15.6 Å². The summed E-state index contributed by atoms with van der Waals surface area (Å²) in [6.45, 7) is 0. The number of halogens is 1. The highest BCUT2D eigenvalue weighted by Gasteiger charge is 2.25. The molecule has 4 heteroatoms. The SMILES string of the molecule is O=c1cc(C2CC2)nc(Br)[nH]1. The molecule has 0 unspecified atom stereocenters. The van der Waals surface area contributed by atoms with Crippen LogP contribution >= 0.6 is 15.9 Å². The van der Waals surface area contributed by atoms with Gasteiger partial charge in [-0.1, -0.05) is 0 Å². The van der Waals surface area contributed by atoms with Crippen molar-refractivity contribution in [3.63, 3.8) is 0 Å². The first-order valence-electron chi connectivity index (χ1n) is 3.52. The van der Waals surface area contributed by atoms with Crippen molar-refractivity contribution in [2.45, 2.75) is 18.8 Å². The van der Waals surface area contributed by atoms with Crippen LogP contribution in [0.25, 0.3) is 0 Å². The van der Waals surface area contributed by atoms with E-state index in [1.54, 1.807) is 6.07 Å². The van der Waals surface area contributed by atoms with E-state index in [2.05, 4.69) is 25.9 Å². The van der Waals surface area contributed by atoms with Gasteiger partial charge in [0.05, 0.1) is 5.69 Å². The second kappa shape index (κ2) is 2.44. The molecular weight excluding hydrogens is 208 g/mol. The summed E-state index contributed by atoms with van der Waals surface area (Å²) in [6.07, 6.45) is 2.34. The lowest BCUT2D eigenvalue weighted by atomic mass is 10.3. The molecule has 1 aliphatic rings. The molecule has 0 saturated heterocycles. The summed E-state index contributed by atoms with van der Waals surface area (Å²) in [6, 6.07) is 1.57. The molecular formula is C7H7BrN2O. The van der Waals surface area contributed by atoms with Crippen molar-refractivity contribution in [2.24, 2.45) is 0 Å². The molecule has 11 heavy (non-hydrogen) atoms. The number of rotatable bonds is 1. The topological polar surface area (TPSA) is 45.8 Å². The third kappa shape index (κ3) is 1.50. The molecule has 2 rings (SSSR count). The monoisotopic (exact) mass is 214 g/mol. The van der Waals surface area contributed by atoms with E-state index >= 15 is 0 Å². The molecule has 0 radical (unpaired) electrons.